The first kappa shape index (κ1) is 23.0. The molecule has 0 aliphatic carbocycles. The zero-order valence-electron chi connectivity index (χ0n) is 16.6. The Balaban J connectivity index is 2.81. The van der Waals surface area contributed by atoms with Crippen molar-refractivity contribution in [3.05, 3.63) is 35.7 Å². The molecule has 1 unspecified atom stereocenters. The first-order valence-corrected chi connectivity index (χ1v) is 10.8. The molecular weight excluding hydrogens is 356 g/mol. The second-order valence-electron chi connectivity index (χ2n) is 7.57. The molecule has 1 heterocycles. The number of alkyl halides is 3. The highest BCUT2D eigenvalue weighted by Gasteiger charge is 2.39. The van der Waals surface area contributed by atoms with Gasteiger partial charge in [0.15, 0.2) is 0 Å². The van der Waals surface area contributed by atoms with Crippen LogP contribution < -0.4 is 5.09 Å². The highest BCUT2D eigenvalue weighted by atomic mass is 31.1. The maximum absolute atomic E-state index is 13.1. The molecule has 1 atom stereocenters. The summed E-state index contributed by atoms with van der Waals surface area (Å²) in [6, 6.07) is 3.75. The van der Waals surface area contributed by atoms with Gasteiger partial charge in [0.25, 0.3) is 0 Å². The van der Waals surface area contributed by atoms with Crippen LogP contribution in [0, 0.1) is 12.3 Å². The Morgan fingerprint density at radius 3 is 2.31 bits per heavy atom. The lowest BCUT2D eigenvalue weighted by Crippen LogP contribution is -2.19. The molecule has 0 bridgehead atoms. The lowest BCUT2D eigenvalue weighted by atomic mass is 9.82. The molecular formula is C20H32F3N2P. The molecule has 0 aliphatic heterocycles. The summed E-state index contributed by atoms with van der Waals surface area (Å²) in [6.45, 7) is 14.2. The van der Waals surface area contributed by atoms with E-state index in [4.69, 9.17) is 0 Å². The summed E-state index contributed by atoms with van der Waals surface area (Å²) >= 11 is 0. The predicted molar refractivity (Wildman–Crippen MR) is 106 cm³/mol. The van der Waals surface area contributed by atoms with Gasteiger partial charge in [0.1, 0.15) is 8.07 Å². The molecule has 1 aromatic heterocycles. The maximum Gasteiger partial charge on any atom is 0.423 e. The van der Waals surface area contributed by atoms with E-state index in [0.717, 1.165) is 30.5 Å². The van der Waals surface area contributed by atoms with Crippen molar-refractivity contribution in [3.8, 4) is 0 Å². The highest BCUT2D eigenvalue weighted by molar-refractivity contribution is 7.57. The van der Waals surface area contributed by atoms with Crippen molar-refractivity contribution in [1.82, 2.24) is 10.1 Å². The molecule has 0 radical (unpaired) electrons. The summed E-state index contributed by atoms with van der Waals surface area (Å²) in [4.78, 5) is 4.50. The fourth-order valence-corrected chi connectivity index (χ4v) is 4.37. The molecule has 26 heavy (non-hydrogen) atoms. The van der Waals surface area contributed by atoms with Gasteiger partial charge in [-0.05, 0) is 49.4 Å². The zero-order valence-corrected chi connectivity index (χ0v) is 17.5. The largest absolute Gasteiger partial charge is 0.423 e. The number of nitrogens with zero attached hydrogens (tertiary/aromatic N) is 1. The molecule has 0 saturated carbocycles. The molecule has 0 saturated heterocycles. The maximum atomic E-state index is 13.1. The van der Waals surface area contributed by atoms with Crippen LogP contribution in [0.3, 0.4) is 0 Å². The van der Waals surface area contributed by atoms with Gasteiger partial charge in [-0.3, -0.25) is 4.98 Å². The number of hydrogen-bond donors (Lipinski definition) is 1. The number of hydrogen-bond acceptors (Lipinski definition) is 2. The Bertz CT molecular complexity index is 597. The van der Waals surface area contributed by atoms with Crippen molar-refractivity contribution in [1.29, 1.82) is 0 Å². The van der Waals surface area contributed by atoms with Crippen LogP contribution in [0.15, 0.2) is 18.7 Å². The van der Waals surface area contributed by atoms with Gasteiger partial charge in [0, 0.05) is 5.69 Å². The Hall–Kier alpha value is -1.09. The van der Waals surface area contributed by atoms with E-state index in [-0.39, 0.29) is 17.3 Å². The third-order valence-corrected chi connectivity index (χ3v) is 6.57. The summed E-state index contributed by atoms with van der Waals surface area (Å²) in [5, 5.41) is 2.58. The molecule has 1 aromatic rings. The van der Waals surface area contributed by atoms with Crippen molar-refractivity contribution in [3.63, 3.8) is 0 Å². The first-order valence-electron chi connectivity index (χ1n) is 9.27. The second kappa shape index (κ2) is 9.73. The summed E-state index contributed by atoms with van der Waals surface area (Å²) < 4.78 is 39.3. The summed E-state index contributed by atoms with van der Waals surface area (Å²) in [5.74, 6) is -4.23. The Kier molecular flexibility index (Phi) is 8.59. The van der Waals surface area contributed by atoms with Crippen molar-refractivity contribution in [2.45, 2.75) is 72.6 Å². The van der Waals surface area contributed by atoms with Gasteiger partial charge in [-0.2, -0.15) is 13.2 Å². The van der Waals surface area contributed by atoms with Crippen molar-refractivity contribution in [2.75, 3.05) is 6.16 Å². The Morgan fingerprint density at radius 1 is 1.15 bits per heavy atom. The Labute approximate surface area is 157 Å². The summed E-state index contributed by atoms with van der Waals surface area (Å²) in [5.41, 5.74) is 3.05. The molecule has 0 spiro atoms. The van der Waals surface area contributed by atoms with Crippen molar-refractivity contribution in [2.24, 2.45) is 5.41 Å². The van der Waals surface area contributed by atoms with E-state index in [1.165, 1.54) is 6.42 Å². The van der Waals surface area contributed by atoms with E-state index >= 15 is 0 Å². The van der Waals surface area contributed by atoms with Gasteiger partial charge in [0.05, 0.1) is 11.4 Å². The number of aromatic nitrogens is 1. The van der Waals surface area contributed by atoms with Gasteiger partial charge < -0.3 is 5.09 Å². The van der Waals surface area contributed by atoms with Crippen molar-refractivity contribution < 1.29 is 13.2 Å². The standard InChI is InChI=1S/C20H32F3N2P/c1-7-12-19(5,6)13-11-17-9-10-18(24-15(17)3)16(4)25-26(14-8-2)20(21,22)23/h9-10,25H,4,7-8,11-14H2,1-3,5-6H3. The fourth-order valence-electron chi connectivity index (χ4n) is 2.99. The minimum absolute atomic E-state index is 0.0848. The number of aryl methyl sites for hydroxylation is 2. The SMILES string of the molecule is C=C(NP(CCC)C(F)(F)F)c1ccc(CCC(C)(C)CCC)c(C)n1. The third kappa shape index (κ3) is 7.26. The summed E-state index contributed by atoms with van der Waals surface area (Å²) in [6.07, 6.45) is 4.89. The second-order valence-corrected chi connectivity index (χ2v) is 9.60. The van der Waals surface area contributed by atoms with Crippen LogP contribution in [0.5, 0.6) is 0 Å². The molecule has 1 N–H and O–H groups in total. The molecule has 148 valence electrons. The third-order valence-electron chi connectivity index (χ3n) is 4.53. The predicted octanol–water partition coefficient (Wildman–Crippen LogP) is 7.04. The minimum Gasteiger partial charge on any atom is -0.356 e. The van der Waals surface area contributed by atoms with Gasteiger partial charge in [-0.15, -0.1) is 0 Å². The number of nitrogens with one attached hydrogen (secondary N) is 1. The zero-order chi connectivity index (χ0) is 20.0. The van der Waals surface area contributed by atoms with Crippen LogP contribution in [0.2, 0.25) is 0 Å². The van der Waals surface area contributed by atoms with E-state index in [0.29, 0.717) is 12.1 Å². The molecule has 1 rings (SSSR count). The Morgan fingerprint density at radius 2 is 1.81 bits per heavy atom. The number of halogens is 3. The molecule has 2 nitrogen and oxygen atoms in total. The van der Waals surface area contributed by atoms with E-state index in [9.17, 15) is 13.2 Å². The number of pyridine rings is 1. The topological polar surface area (TPSA) is 24.9 Å². The van der Waals surface area contributed by atoms with Crippen LogP contribution in [0.25, 0.3) is 5.70 Å². The van der Waals surface area contributed by atoms with E-state index in [2.05, 4.69) is 37.4 Å². The first-order chi connectivity index (χ1) is 12.0. The van der Waals surface area contributed by atoms with Gasteiger partial charge >= 0.3 is 5.92 Å². The van der Waals surface area contributed by atoms with Gasteiger partial charge in [-0.25, -0.2) is 0 Å². The average Bonchev–Trinajstić information content (AvgIpc) is 2.52. The van der Waals surface area contributed by atoms with E-state index in [1.54, 1.807) is 13.0 Å². The lowest BCUT2D eigenvalue weighted by Gasteiger charge is -2.24. The summed E-state index contributed by atoms with van der Waals surface area (Å²) in [7, 11) is -2.30. The van der Waals surface area contributed by atoms with Crippen LogP contribution in [-0.4, -0.2) is 17.1 Å². The quantitative estimate of drug-likeness (QED) is 0.435. The lowest BCUT2D eigenvalue weighted by molar-refractivity contribution is -0.0410. The van der Waals surface area contributed by atoms with Crippen LogP contribution in [0.1, 0.15) is 70.3 Å². The molecule has 0 fully saturated rings. The smallest absolute Gasteiger partial charge is 0.356 e. The normalized spacial score (nSPS) is 13.5. The van der Waals surface area contributed by atoms with Crippen LogP contribution in [0.4, 0.5) is 13.2 Å². The van der Waals surface area contributed by atoms with Gasteiger partial charge in [0.2, 0.25) is 0 Å². The van der Waals surface area contributed by atoms with E-state index < -0.39 is 14.0 Å². The minimum atomic E-state index is -4.23. The molecule has 0 amide bonds. The average molecular weight is 388 g/mol. The highest BCUT2D eigenvalue weighted by Crippen LogP contribution is 2.51. The molecule has 0 aliphatic rings. The van der Waals surface area contributed by atoms with E-state index in [1.807, 2.05) is 13.0 Å². The van der Waals surface area contributed by atoms with Crippen molar-refractivity contribution >= 4 is 13.8 Å². The monoisotopic (exact) mass is 388 g/mol. The molecule has 6 heteroatoms. The molecule has 0 aromatic carbocycles. The fraction of sp³-hybridized carbons (Fsp3) is 0.650. The van der Waals surface area contributed by atoms with Gasteiger partial charge in [-0.1, -0.05) is 53.2 Å². The van der Waals surface area contributed by atoms with Crippen LogP contribution >= 0.6 is 8.07 Å². The van der Waals surface area contributed by atoms with Crippen LogP contribution in [-0.2, 0) is 6.42 Å². The number of rotatable bonds is 10.